The molecule has 1 amide bonds. The summed E-state index contributed by atoms with van der Waals surface area (Å²) in [5, 5.41) is 8.40. The van der Waals surface area contributed by atoms with Crippen LogP contribution in [0.5, 0.6) is 0 Å². The third-order valence-electron chi connectivity index (χ3n) is 3.51. The molecule has 0 saturated heterocycles. The molecule has 0 fully saturated rings. The van der Waals surface area contributed by atoms with Gasteiger partial charge in [0.15, 0.2) is 12.4 Å². The van der Waals surface area contributed by atoms with Crippen molar-refractivity contribution < 1.29 is 9.63 Å². The molecule has 1 aromatic heterocycles. The average Bonchev–Trinajstić information content (AvgIpc) is 3.09. The Bertz CT molecular complexity index is 651. The van der Waals surface area contributed by atoms with Gasteiger partial charge in [-0.2, -0.15) is 0 Å². The second kappa shape index (κ2) is 8.33. The van der Waals surface area contributed by atoms with Gasteiger partial charge in [-0.25, -0.2) is 0 Å². The van der Waals surface area contributed by atoms with Gasteiger partial charge in [0, 0.05) is 5.69 Å². The van der Waals surface area contributed by atoms with E-state index in [1.54, 1.807) is 0 Å². The van der Waals surface area contributed by atoms with E-state index in [1.807, 2.05) is 41.8 Å². The number of nitrogens with two attached hydrogens (primary N) is 1. The van der Waals surface area contributed by atoms with E-state index in [1.165, 1.54) is 16.9 Å². The Morgan fingerprint density at radius 3 is 2.70 bits per heavy atom. The monoisotopic (exact) mass is 331 g/mol. The Kier molecular flexibility index (Phi) is 6.17. The standard InChI is InChI=1S/C17H21N3O2S/c1-3-12(2)13-6-8-14(9-7-13)19-16(21)11-22-20-17(18)15-5-4-10-23-15/h4-10,12H,3,11H2,1-2H3,(H2,18,20)(H,19,21). The van der Waals surface area contributed by atoms with Crippen molar-refractivity contribution in [2.75, 3.05) is 11.9 Å². The van der Waals surface area contributed by atoms with Gasteiger partial charge < -0.3 is 15.9 Å². The number of amides is 1. The van der Waals surface area contributed by atoms with Crippen LogP contribution in [0.4, 0.5) is 5.69 Å². The molecule has 2 aromatic rings. The topological polar surface area (TPSA) is 76.7 Å². The van der Waals surface area contributed by atoms with Crippen LogP contribution in [-0.4, -0.2) is 18.3 Å². The highest BCUT2D eigenvalue weighted by Gasteiger charge is 2.06. The summed E-state index contributed by atoms with van der Waals surface area (Å²) in [6.45, 7) is 4.15. The molecule has 1 heterocycles. The molecule has 6 heteroatoms. The number of carbonyl (C=O) groups excluding carboxylic acids is 1. The predicted molar refractivity (Wildman–Crippen MR) is 94.8 cm³/mol. The van der Waals surface area contributed by atoms with Gasteiger partial charge in [-0.15, -0.1) is 11.3 Å². The van der Waals surface area contributed by atoms with Crippen LogP contribution in [0.15, 0.2) is 46.9 Å². The molecule has 1 unspecified atom stereocenters. The number of anilines is 1. The van der Waals surface area contributed by atoms with Crippen molar-refractivity contribution in [3.63, 3.8) is 0 Å². The van der Waals surface area contributed by atoms with Crippen LogP contribution >= 0.6 is 11.3 Å². The molecule has 0 aliphatic carbocycles. The minimum Gasteiger partial charge on any atom is -0.384 e. The number of nitrogens with one attached hydrogen (secondary N) is 1. The minimum atomic E-state index is -0.274. The van der Waals surface area contributed by atoms with Crippen LogP contribution in [0.1, 0.15) is 36.6 Å². The summed E-state index contributed by atoms with van der Waals surface area (Å²) in [7, 11) is 0. The zero-order valence-electron chi connectivity index (χ0n) is 13.3. The Labute approximate surface area is 140 Å². The summed E-state index contributed by atoms with van der Waals surface area (Å²) in [5.74, 6) is 0.507. The lowest BCUT2D eigenvalue weighted by molar-refractivity contribution is -0.120. The molecule has 122 valence electrons. The first-order valence-electron chi connectivity index (χ1n) is 7.49. The fourth-order valence-electron chi connectivity index (χ4n) is 1.96. The normalized spacial score (nSPS) is 12.7. The van der Waals surface area contributed by atoms with E-state index in [0.717, 1.165) is 17.0 Å². The maximum Gasteiger partial charge on any atom is 0.265 e. The zero-order chi connectivity index (χ0) is 16.7. The second-order valence-corrected chi connectivity index (χ2v) is 6.15. The fraction of sp³-hybridized carbons (Fsp3) is 0.294. The molecule has 1 aromatic carbocycles. The molecule has 0 aliphatic heterocycles. The SMILES string of the molecule is CCC(C)c1ccc(NC(=O)CO/N=C(/N)c2cccs2)cc1. The van der Waals surface area contributed by atoms with Crippen LogP contribution in [0, 0.1) is 0 Å². The molecule has 0 spiro atoms. The van der Waals surface area contributed by atoms with E-state index in [-0.39, 0.29) is 18.3 Å². The maximum absolute atomic E-state index is 11.8. The van der Waals surface area contributed by atoms with E-state index in [9.17, 15) is 4.79 Å². The third kappa shape index (κ3) is 5.10. The van der Waals surface area contributed by atoms with E-state index >= 15 is 0 Å². The first kappa shape index (κ1) is 17.0. The van der Waals surface area contributed by atoms with Gasteiger partial charge >= 0.3 is 0 Å². The van der Waals surface area contributed by atoms with Gasteiger partial charge in [0.25, 0.3) is 5.91 Å². The first-order chi connectivity index (χ1) is 11.1. The van der Waals surface area contributed by atoms with Gasteiger partial charge in [-0.3, -0.25) is 4.79 Å². The van der Waals surface area contributed by atoms with Crippen LogP contribution < -0.4 is 11.1 Å². The molecular formula is C17H21N3O2S. The average molecular weight is 331 g/mol. The van der Waals surface area contributed by atoms with Crippen molar-refractivity contribution in [3.05, 3.63) is 52.2 Å². The number of rotatable bonds is 7. The number of carbonyl (C=O) groups is 1. The summed E-state index contributed by atoms with van der Waals surface area (Å²) in [4.78, 5) is 17.6. The summed E-state index contributed by atoms with van der Waals surface area (Å²) in [6, 6.07) is 11.5. The van der Waals surface area contributed by atoms with Gasteiger partial charge in [-0.1, -0.05) is 37.2 Å². The zero-order valence-corrected chi connectivity index (χ0v) is 14.1. The lowest BCUT2D eigenvalue weighted by Gasteiger charge is -2.10. The molecule has 2 rings (SSSR count). The number of nitrogens with zero attached hydrogens (tertiary/aromatic N) is 1. The fourth-order valence-corrected chi connectivity index (χ4v) is 2.58. The Morgan fingerprint density at radius 1 is 1.35 bits per heavy atom. The molecule has 0 bridgehead atoms. The van der Waals surface area contributed by atoms with Crippen LogP contribution in [0.25, 0.3) is 0 Å². The highest BCUT2D eigenvalue weighted by molar-refractivity contribution is 7.12. The predicted octanol–water partition coefficient (Wildman–Crippen LogP) is 3.54. The number of thiophene rings is 1. The van der Waals surface area contributed by atoms with Crippen molar-refractivity contribution in [1.29, 1.82) is 0 Å². The van der Waals surface area contributed by atoms with E-state index < -0.39 is 0 Å². The summed E-state index contributed by atoms with van der Waals surface area (Å²) >= 11 is 1.46. The smallest absolute Gasteiger partial charge is 0.265 e. The minimum absolute atomic E-state index is 0.181. The summed E-state index contributed by atoms with van der Waals surface area (Å²) in [6.07, 6.45) is 1.09. The van der Waals surface area contributed by atoms with E-state index in [2.05, 4.69) is 24.3 Å². The molecule has 0 aliphatic rings. The second-order valence-electron chi connectivity index (χ2n) is 5.21. The lowest BCUT2D eigenvalue weighted by Crippen LogP contribution is -2.19. The Balaban J connectivity index is 1.82. The van der Waals surface area contributed by atoms with Crippen molar-refractivity contribution in [2.45, 2.75) is 26.2 Å². The number of benzene rings is 1. The summed E-state index contributed by atoms with van der Waals surface area (Å²) in [5.41, 5.74) is 7.74. The van der Waals surface area contributed by atoms with Crippen molar-refractivity contribution in [2.24, 2.45) is 10.9 Å². The number of amidine groups is 1. The van der Waals surface area contributed by atoms with E-state index in [0.29, 0.717) is 5.92 Å². The van der Waals surface area contributed by atoms with Gasteiger partial charge in [-0.05, 0) is 41.5 Å². The number of hydrogen-bond donors (Lipinski definition) is 2. The maximum atomic E-state index is 11.8. The largest absolute Gasteiger partial charge is 0.384 e. The van der Waals surface area contributed by atoms with Crippen molar-refractivity contribution >= 4 is 28.8 Å². The number of oxime groups is 1. The van der Waals surface area contributed by atoms with Crippen LogP contribution in [-0.2, 0) is 9.63 Å². The Morgan fingerprint density at radius 2 is 2.09 bits per heavy atom. The van der Waals surface area contributed by atoms with Crippen molar-refractivity contribution in [3.8, 4) is 0 Å². The molecule has 1 atom stereocenters. The Hall–Kier alpha value is -2.34. The van der Waals surface area contributed by atoms with Crippen molar-refractivity contribution in [1.82, 2.24) is 0 Å². The van der Waals surface area contributed by atoms with Crippen LogP contribution in [0.3, 0.4) is 0 Å². The molecule has 23 heavy (non-hydrogen) atoms. The summed E-state index contributed by atoms with van der Waals surface area (Å²) < 4.78 is 0. The third-order valence-corrected chi connectivity index (χ3v) is 4.40. The van der Waals surface area contributed by atoms with E-state index in [4.69, 9.17) is 10.6 Å². The van der Waals surface area contributed by atoms with Crippen LogP contribution in [0.2, 0.25) is 0 Å². The van der Waals surface area contributed by atoms with Gasteiger partial charge in [0.2, 0.25) is 0 Å². The molecule has 5 nitrogen and oxygen atoms in total. The van der Waals surface area contributed by atoms with Gasteiger partial charge in [0.05, 0.1) is 4.88 Å². The molecule has 3 N–H and O–H groups in total. The molecular weight excluding hydrogens is 310 g/mol. The molecule has 0 saturated carbocycles. The highest BCUT2D eigenvalue weighted by Crippen LogP contribution is 2.20. The first-order valence-corrected chi connectivity index (χ1v) is 8.37. The quantitative estimate of drug-likeness (QED) is 0.463. The number of hydrogen-bond acceptors (Lipinski definition) is 4. The molecule has 0 radical (unpaired) electrons. The van der Waals surface area contributed by atoms with Gasteiger partial charge in [0.1, 0.15) is 0 Å². The lowest BCUT2D eigenvalue weighted by atomic mass is 9.99. The highest BCUT2D eigenvalue weighted by atomic mass is 32.1.